The molecule has 21 heavy (non-hydrogen) atoms. The molecule has 0 fully saturated rings. The first-order valence-electron chi connectivity index (χ1n) is 6.50. The van der Waals surface area contributed by atoms with Gasteiger partial charge in [0.1, 0.15) is 17.3 Å². The molecule has 0 saturated carbocycles. The molecule has 0 spiro atoms. The summed E-state index contributed by atoms with van der Waals surface area (Å²) in [5, 5.41) is 2.75. The van der Waals surface area contributed by atoms with Gasteiger partial charge in [-0.25, -0.2) is 4.39 Å². The fourth-order valence-corrected chi connectivity index (χ4v) is 1.75. The van der Waals surface area contributed by atoms with Crippen molar-refractivity contribution in [1.29, 1.82) is 0 Å². The van der Waals surface area contributed by atoms with E-state index in [2.05, 4.69) is 5.32 Å². The number of benzene rings is 2. The molecule has 0 heterocycles. The maximum atomic E-state index is 12.7. The molecule has 0 aliphatic heterocycles. The Hall–Kier alpha value is -2.56. The molecule has 0 saturated heterocycles. The molecule has 0 radical (unpaired) electrons. The van der Waals surface area contributed by atoms with Gasteiger partial charge in [0.2, 0.25) is 5.91 Å². The van der Waals surface area contributed by atoms with Gasteiger partial charge in [-0.1, -0.05) is 12.1 Å². The lowest BCUT2D eigenvalue weighted by molar-refractivity contribution is -0.116. The largest absolute Gasteiger partial charge is 0.495 e. The Kier molecular flexibility index (Phi) is 5.15. The normalized spacial score (nSPS) is 10.0. The second kappa shape index (κ2) is 7.28. The zero-order valence-corrected chi connectivity index (χ0v) is 11.6. The third-order valence-electron chi connectivity index (χ3n) is 2.79. The van der Waals surface area contributed by atoms with Gasteiger partial charge >= 0.3 is 0 Å². The minimum Gasteiger partial charge on any atom is -0.495 e. The van der Waals surface area contributed by atoms with Crippen LogP contribution in [0.25, 0.3) is 0 Å². The molecule has 110 valence electrons. The molecule has 1 N–H and O–H groups in total. The van der Waals surface area contributed by atoms with Gasteiger partial charge in [-0.15, -0.1) is 0 Å². The highest BCUT2D eigenvalue weighted by Gasteiger charge is 2.07. The molecule has 0 bridgehead atoms. The van der Waals surface area contributed by atoms with Crippen LogP contribution >= 0.6 is 0 Å². The summed E-state index contributed by atoms with van der Waals surface area (Å²) in [5.41, 5.74) is 0.617. The molecule has 2 aromatic carbocycles. The van der Waals surface area contributed by atoms with Gasteiger partial charge in [0.05, 0.1) is 25.8 Å². The SMILES string of the molecule is COc1ccccc1NC(=O)CCOc1ccc(F)cc1. The van der Waals surface area contributed by atoms with Gasteiger partial charge in [0.25, 0.3) is 0 Å². The van der Waals surface area contributed by atoms with E-state index in [-0.39, 0.29) is 24.8 Å². The molecule has 0 aliphatic carbocycles. The van der Waals surface area contributed by atoms with Crippen LogP contribution in [0.15, 0.2) is 48.5 Å². The van der Waals surface area contributed by atoms with Crippen LogP contribution < -0.4 is 14.8 Å². The first kappa shape index (κ1) is 14.8. The highest BCUT2D eigenvalue weighted by atomic mass is 19.1. The Balaban J connectivity index is 1.81. The number of para-hydroxylation sites is 2. The van der Waals surface area contributed by atoms with E-state index in [1.165, 1.54) is 24.3 Å². The third kappa shape index (κ3) is 4.49. The van der Waals surface area contributed by atoms with E-state index in [9.17, 15) is 9.18 Å². The van der Waals surface area contributed by atoms with Crippen molar-refractivity contribution >= 4 is 11.6 Å². The van der Waals surface area contributed by atoms with E-state index in [1.54, 1.807) is 19.2 Å². The van der Waals surface area contributed by atoms with Gasteiger partial charge in [-0.05, 0) is 36.4 Å². The maximum Gasteiger partial charge on any atom is 0.227 e. The van der Waals surface area contributed by atoms with Gasteiger partial charge in [0, 0.05) is 0 Å². The van der Waals surface area contributed by atoms with E-state index in [0.717, 1.165) is 0 Å². The Bertz CT molecular complexity index is 599. The number of amides is 1. The summed E-state index contributed by atoms with van der Waals surface area (Å²) in [6.45, 7) is 0.215. The summed E-state index contributed by atoms with van der Waals surface area (Å²) in [6, 6.07) is 12.8. The molecule has 0 aromatic heterocycles. The number of carbonyl (C=O) groups is 1. The average molecular weight is 289 g/mol. The Morgan fingerprint density at radius 3 is 2.57 bits per heavy atom. The van der Waals surface area contributed by atoms with E-state index in [4.69, 9.17) is 9.47 Å². The standard InChI is InChI=1S/C16H16FNO3/c1-20-15-5-3-2-4-14(15)18-16(19)10-11-21-13-8-6-12(17)7-9-13/h2-9H,10-11H2,1H3,(H,18,19). The number of rotatable bonds is 6. The monoisotopic (exact) mass is 289 g/mol. The molecule has 2 rings (SSSR count). The highest BCUT2D eigenvalue weighted by Crippen LogP contribution is 2.23. The number of ether oxygens (including phenoxy) is 2. The van der Waals surface area contributed by atoms with Gasteiger partial charge in [0.15, 0.2) is 0 Å². The zero-order chi connectivity index (χ0) is 15.1. The summed E-state index contributed by atoms with van der Waals surface area (Å²) in [4.78, 5) is 11.8. The first-order chi connectivity index (χ1) is 10.2. The molecule has 2 aromatic rings. The summed E-state index contributed by atoms with van der Waals surface area (Å²) >= 11 is 0. The lowest BCUT2D eigenvalue weighted by Gasteiger charge is -2.10. The van der Waals surface area contributed by atoms with Crippen molar-refractivity contribution in [2.75, 3.05) is 19.0 Å². The van der Waals surface area contributed by atoms with Crippen LogP contribution in [0.1, 0.15) is 6.42 Å². The minimum absolute atomic E-state index is 0.179. The van der Waals surface area contributed by atoms with Crippen LogP contribution in [0.4, 0.5) is 10.1 Å². The summed E-state index contributed by atoms with van der Waals surface area (Å²) < 4.78 is 23.2. The van der Waals surface area contributed by atoms with Gasteiger partial charge < -0.3 is 14.8 Å². The molecule has 5 heteroatoms. The van der Waals surface area contributed by atoms with E-state index in [1.807, 2.05) is 12.1 Å². The van der Waals surface area contributed by atoms with Crippen molar-refractivity contribution in [3.8, 4) is 11.5 Å². The van der Waals surface area contributed by atoms with Crippen LogP contribution in [-0.4, -0.2) is 19.6 Å². The van der Waals surface area contributed by atoms with Crippen LogP contribution in [0, 0.1) is 5.82 Å². The molecular formula is C16H16FNO3. The topological polar surface area (TPSA) is 47.6 Å². The van der Waals surface area contributed by atoms with Crippen molar-refractivity contribution < 1.29 is 18.7 Å². The maximum absolute atomic E-state index is 12.7. The molecular weight excluding hydrogens is 273 g/mol. The second-order valence-electron chi connectivity index (χ2n) is 4.30. The lowest BCUT2D eigenvalue weighted by atomic mass is 10.3. The van der Waals surface area contributed by atoms with Gasteiger partial charge in [-0.2, -0.15) is 0 Å². The lowest BCUT2D eigenvalue weighted by Crippen LogP contribution is -2.15. The predicted octanol–water partition coefficient (Wildman–Crippen LogP) is 3.24. The van der Waals surface area contributed by atoms with Crippen molar-refractivity contribution in [3.05, 3.63) is 54.3 Å². The van der Waals surface area contributed by atoms with Crippen molar-refractivity contribution in [2.45, 2.75) is 6.42 Å². The predicted molar refractivity (Wildman–Crippen MR) is 78.1 cm³/mol. The summed E-state index contributed by atoms with van der Waals surface area (Å²) in [6.07, 6.45) is 0.190. The number of anilines is 1. The number of methoxy groups -OCH3 is 1. The van der Waals surface area contributed by atoms with Crippen LogP contribution in [0.2, 0.25) is 0 Å². The Labute approximate surface area is 122 Å². The number of hydrogen-bond donors (Lipinski definition) is 1. The second-order valence-corrected chi connectivity index (χ2v) is 4.30. The van der Waals surface area contributed by atoms with Crippen LogP contribution in [0.3, 0.4) is 0 Å². The molecule has 0 aliphatic rings. The highest BCUT2D eigenvalue weighted by molar-refractivity contribution is 5.92. The van der Waals surface area contributed by atoms with E-state index >= 15 is 0 Å². The fraction of sp³-hybridized carbons (Fsp3) is 0.188. The molecule has 0 unspecified atom stereocenters. The van der Waals surface area contributed by atoms with Crippen molar-refractivity contribution in [1.82, 2.24) is 0 Å². The molecule has 0 atom stereocenters. The number of halogens is 1. The minimum atomic E-state index is -0.323. The van der Waals surface area contributed by atoms with Crippen LogP contribution in [-0.2, 0) is 4.79 Å². The number of hydrogen-bond acceptors (Lipinski definition) is 3. The number of carbonyl (C=O) groups excluding carboxylic acids is 1. The third-order valence-corrected chi connectivity index (χ3v) is 2.79. The first-order valence-corrected chi connectivity index (χ1v) is 6.50. The Morgan fingerprint density at radius 2 is 1.86 bits per heavy atom. The Morgan fingerprint density at radius 1 is 1.14 bits per heavy atom. The fourth-order valence-electron chi connectivity index (χ4n) is 1.75. The summed E-state index contributed by atoms with van der Waals surface area (Å²) in [5.74, 6) is 0.629. The summed E-state index contributed by atoms with van der Waals surface area (Å²) in [7, 11) is 1.54. The van der Waals surface area contributed by atoms with E-state index < -0.39 is 0 Å². The number of nitrogens with one attached hydrogen (secondary N) is 1. The van der Waals surface area contributed by atoms with Gasteiger partial charge in [-0.3, -0.25) is 4.79 Å². The zero-order valence-electron chi connectivity index (χ0n) is 11.6. The molecule has 1 amide bonds. The molecule has 4 nitrogen and oxygen atoms in total. The van der Waals surface area contributed by atoms with Crippen molar-refractivity contribution in [2.24, 2.45) is 0 Å². The average Bonchev–Trinajstić information content (AvgIpc) is 2.50. The quantitative estimate of drug-likeness (QED) is 0.888. The van der Waals surface area contributed by atoms with Crippen molar-refractivity contribution in [3.63, 3.8) is 0 Å². The van der Waals surface area contributed by atoms with E-state index in [0.29, 0.717) is 17.2 Å². The smallest absolute Gasteiger partial charge is 0.227 e. The van der Waals surface area contributed by atoms with Crippen LogP contribution in [0.5, 0.6) is 11.5 Å².